The standard InChI is InChI=1S/C6H14O12P2/c7-1-2(8)4(10)6(5(11)3(1)9)17-20(15,16)18-19(12,13)14/h1-11H,(H,15,16)(H2,12,13,14)/t1-,2-,3-,4+,5-,6+/m1/s1. The molecule has 1 fully saturated rings. The molecule has 0 bridgehead atoms. The van der Waals surface area contributed by atoms with Crippen LogP contribution in [-0.2, 0) is 18.0 Å². The van der Waals surface area contributed by atoms with Crippen molar-refractivity contribution in [3.63, 3.8) is 0 Å². The predicted octanol–water partition coefficient (Wildman–Crippen LogP) is -3.60. The van der Waals surface area contributed by atoms with E-state index in [0.717, 1.165) is 0 Å². The van der Waals surface area contributed by atoms with Gasteiger partial charge in [0.1, 0.15) is 36.6 Å². The maximum Gasteiger partial charge on any atom is 0.481 e. The van der Waals surface area contributed by atoms with Crippen molar-refractivity contribution in [3.8, 4) is 0 Å². The van der Waals surface area contributed by atoms with Gasteiger partial charge >= 0.3 is 15.6 Å². The van der Waals surface area contributed by atoms with E-state index < -0.39 is 52.3 Å². The molecule has 1 rings (SSSR count). The minimum atomic E-state index is -5.42. The fourth-order valence-corrected chi connectivity index (χ4v) is 3.42. The lowest BCUT2D eigenvalue weighted by Gasteiger charge is -2.41. The van der Waals surface area contributed by atoms with E-state index in [2.05, 4.69) is 8.83 Å². The van der Waals surface area contributed by atoms with Crippen molar-refractivity contribution in [2.45, 2.75) is 36.6 Å². The molecule has 0 spiro atoms. The number of hydrogen-bond donors (Lipinski definition) is 8. The molecule has 7 atom stereocenters. The summed E-state index contributed by atoms with van der Waals surface area (Å²) >= 11 is 0. The molecule has 0 amide bonds. The molecule has 0 radical (unpaired) electrons. The Morgan fingerprint density at radius 1 is 0.700 bits per heavy atom. The second-order valence-electron chi connectivity index (χ2n) is 4.06. The first kappa shape index (κ1) is 18.1. The van der Waals surface area contributed by atoms with E-state index in [-0.39, 0.29) is 0 Å². The molecule has 0 heterocycles. The molecule has 1 aliphatic carbocycles. The first-order valence-corrected chi connectivity index (χ1v) is 8.07. The molecule has 0 aromatic carbocycles. The normalized spacial score (nSPS) is 42.2. The Balaban J connectivity index is 2.90. The van der Waals surface area contributed by atoms with Crippen LogP contribution in [0.2, 0.25) is 0 Å². The van der Waals surface area contributed by atoms with Crippen molar-refractivity contribution in [3.05, 3.63) is 0 Å². The van der Waals surface area contributed by atoms with Crippen LogP contribution in [0.25, 0.3) is 0 Å². The lowest BCUT2D eigenvalue weighted by Crippen LogP contribution is -2.64. The van der Waals surface area contributed by atoms with Crippen LogP contribution >= 0.6 is 15.6 Å². The summed E-state index contributed by atoms with van der Waals surface area (Å²) in [6.45, 7) is 0. The predicted molar refractivity (Wildman–Crippen MR) is 57.9 cm³/mol. The Morgan fingerprint density at radius 3 is 1.40 bits per heavy atom. The minimum absolute atomic E-state index is 1.96. The van der Waals surface area contributed by atoms with E-state index in [0.29, 0.717) is 0 Å². The second kappa shape index (κ2) is 6.05. The van der Waals surface area contributed by atoms with Crippen molar-refractivity contribution in [1.29, 1.82) is 0 Å². The van der Waals surface area contributed by atoms with Gasteiger partial charge in [0.05, 0.1) is 0 Å². The van der Waals surface area contributed by atoms with Gasteiger partial charge in [-0.05, 0) is 0 Å². The molecule has 14 heteroatoms. The summed E-state index contributed by atoms with van der Waals surface area (Å²) in [5.74, 6) is 0. The van der Waals surface area contributed by atoms with Gasteiger partial charge in [0.25, 0.3) is 0 Å². The third kappa shape index (κ3) is 4.28. The fraction of sp³-hybridized carbons (Fsp3) is 1.00. The lowest BCUT2D eigenvalue weighted by molar-refractivity contribution is -0.219. The Hall–Kier alpha value is 0.0600. The monoisotopic (exact) mass is 340 g/mol. The first-order valence-electron chi connectivity index (χ1n) is 5.04. The van der Waals surface area contributed by atoms with Crippen molar-refractivity contribution < 1.29 is 58.2 Å². The highest BCUT2D eigenvalue weighted by molar-refractivity contribution is 7.60. The number of aliphatic hydroxyl groups is 5. The summed E-state index contributed by atoms with van der Waals surface area (Å²) in [7, 11) is -10.8. The van der Waals surface area contributed by atoms with Crippen molar-refractivity contribution >= 4 is 15.6 Å². The molecule has 12 nitrogen and oxygen atoms in total. The zero-order valence-electron chi connectivity index (χ0n) is 9.57. The third-order valence-corrected chi connectivity index (χ3v) is 4.72. The van der Waals surface area contributed by atoms with Crippen LogP contribution in [0.3, 0.4) is 0 Å². The quantitative estimate of drug-likeness (QED) is 0.233. The highest BCUT2D eigenvalue weighted by atomic mass is 31.3. The molecule has 0 aliphatic heterocycles. The smallest absolute Gasteiger partial charge is 0.387 e. The molecule has 120 valence electrons. The van der Waals surface area contributed by atoms with Gasteiger partial charge in [0.2, 0.25) is 0 Å². The Morgan fingerprint density at radius 2 is 1.05 bits per heavy atom. The van der Waals surface area contributed by atoms with Crippen molar-refractivity contribution in [1.82, 2.24) is 0 Å². The number of hydrogen-bond acceptors (Lipinski definition) is 9. The Bertz CT molecular complexity index is 418. The van der Waals surface area contributed by atoms with Crippen LogP contribution in [0, 0.1) is 0 Å². The van der Waals surface area contributed by atoms with Gasteiger partial charge in [-0.15, -0.1) is 0 Å². The largest absolute Gasteiger partial charge is 0.481 e. The van der Waals surface area contributed by atoms with E-state index >= 15 is 0 Å². The molecule has 0 aromatic heterocycles. The molecule has 0 saturated heterocycles. The zero-order chi connectivity index (χ0) is 15.9. The topological polar surface area (TPSA) is 214 Å². The molecular formula is C6H14O12P2. The highest BCUT2D eigenvalue weighted by Crippen LogP contribution is 2.58. The van der Waals surface area contributed by atoms with Gasteiger partial charge in [0, 0.05) is 0 Å². The van der Waals surface area contributed by atoms with Gasteiger partial charge in [0.15, 0.2) is 0 Å². The van der Waals surface area contributed by atoms with E-state index in [1.165, 1.54) is 0 Å². The maximum atomic E-state index is 11.3. The molecule has 8 N–H and O–H groups in total. The lowest BCUT2D eigenvalue weighted by atomic mass is 9.85. The number of rotatable bonds is 4. The Labute approximate surface area is 111 Å². The summed E-state index contributed by atoms with van der Waals surface area (Å²) in [6.07, 6.45) is -12.4. The van der Waals surface area contributed by atoms with Gasteiger partial charge in [-0.1, -0.05) is 0 Å². The van der Waals surface area contributed by atoms with Gasteiger partial charge < -0.3 is 40.2 Å². The average Bonchev–Trinajstić information content (AvgIpc) is 2.26. The number of phosphoric ester groups is 1. The van der Waals surface area contributed by atoms with E-state index in [9.17, 15) is 34.7 Å². The van der Waals surface area contributed by atoms with Gasteiger partial charge in [-0.25, -0.2) is 9.13 Å². The molecule has 1 unspecified atom stereocenters. The summed E-state index contributed by atoms with van der Waals surface area (Å²) in [6, 6.07) is 0. The van der Waals surface area contributed by atoms with Crippen LogP contribution in [0.15, 0.2) is 0 Å². The van der Waals surface area contributed by atoms with Crippen molar-refractivity contribution in [2.24, 2.45) is 0 Å². The number of phosphoric acid groups is 2. The van der Waals surface area contributed by atoms with Crippen LogP contribution < -0.4 is 0 Å². The molecular weight excluding hydrogens is 326 g/mol. The van der Waals surface area contributed by atoms with Crippen molar-refractivity contribution in [2.75, 3.05) is 0 Å². The average molecular weight is 340 g/mol. The molecule has 0 aromatic rings. The van der Waals surface area contributed by atoms with Crippen LogP contribution in [-0.4, -0.2) is 76.8 Å². The second-order valence-corrected chi connectivity index (χ2v) is 6.85. The first-order chi connectivity index (χ1) is 8.86. The molecule has 20 heavy (non-hydrogen) atoms. The number of aliphatic hydroxyl groups excluding tert-OH is 5. The van der Waals surface area contributed by atoms with E-state index in [4.69, 9.17) is 14.7 Å². The zero-order valence-corrected chi connectivity index (χ0v) is 11.4. The molecule has 1 saturated carbocycles. The van der Waals surface area contributed by atoms with Crippen LogP contribution in [0.1, 0.15) is 0 Å². The SMILES string of the molecule is O=P(O)(O)OP(=O)(O)O[C@@H]1[C@H](O)[C@H](O)[C@H](O)[C@@H](O)[C@@H]1O. The Kier molecular flexibility index (Phi) is 5.48. The minimum Gasteiger partial charge on any atom is -0.387 e. The fourth-order valence-electron chi connectivity index (χ4n) is 1.63. The van der Waals surface area contributed by atoms with Crippen LogP contribution in [0.4, 0.5) is 0 Å². The van der Waals surface area contributed by atoms with Crippen LogP contribution in [0.5, 0.6) is 0 Å². The summed E-state index contributed by atoms with van der Waals surface area (Å²) in [5.41, 5.74) is 0. The van der Waals surface area contributed by atoms with Gasteiger partial charge in [-0.3, -0.25) is 4.52 Å². The van der Waals surface area contributed by atoms with E-state index in [1.807, 2.05) is 0 Å². The highest BCUT2D eigenvalue weighted by Gasteiger charge is 2.52. The third-order valence-electron chi connectivity index (χ3n) is 2.54. The summed E-state index contributed by atoms with van der Waals surface area (Å²) in [5, 5.41) is 46.8. The summed E-state index contributed by atoms with van der Waals surface area (Å²) < 4.78 is 29.2. The maximum absolute atomic E-state index is 11.3. The molecule has 1 aliphatic rings. The van der Waals surface area contributed by atoms with Gasteiger partial charge in [-0.2, -0.15) is 4.31 Å². The summed E-state index contributed by atoms with van der Waals surface area (Å²) in [4.78, 5) is 25.8. The van der Waals surface area contributed by atoms with E-state index in [1.54, 1.807) is 0 Å².